The predicted molar refractivity (Wildman–Crippen MR) is 111 cm³/mol. The van der Waals surface area contributed by atoms with Crippen LogP contribution in [-0.2, 0) is 11.2 Å². The number of hydrogen-bond donors (Lipinski definition) is 0. The van der Waals surface area contributed by atoms with Gasteiger partial charge in [0, 0.05) is 24.2 Å². The standard InChI is InChI=1S/C23H25N3O3/c1-4-16-5-9-19(10-6-16)26-14-18(13-21(26)27)23-24-22(25-29-23)17-7-11-20(12-8-17)28-15(2)3/h5-12,15,18H,4,13-14H2,1-3H3. The third-order valence-electron chi connectivity index (χ3n) is 5.06. The Morgan fingerprint density at radius 3 is 2.52 bits per heavy atom. The summed E-state index contributed by atoms with van der Waals surface area (Å²) >= 11 is 0. The van der Waals surface area contributed by atoms with Crippen molar-refractivity contribution in [1.29, 1.82) is 0 Å². The molecule has 1 fully saturated rings. The number of anilines is 1. The summed E-state index contributed by atoms with van der Waals surface area (Å²) in [5, 5.41) is 4.11. The summed E-state index contributed by atoms with van der Waals surface area (Å²) in [5.74, 6) is 1.81. The van der Waals surface area contributed by atoms with E-state index in [2.05, 4.69) is 29.2 Å². The van der Waals surface area contributed by atoms with Gasteiger partial charge < -0.3 is 14.2 Å². The Bertz CT molecular complexity index is 977. The molecule has 6 heteroatoms. The Kier molecular flexibility index (Phi) is 5.34. The fourth-order valence-corrected chi connectivity index (χ4v) is 3.51. The number of ether oxygens (including phenoxy) is 1. The van der Waals surface area contributed by atoms with Crippen LogP contribution in [0, 0.1) is 0 Å². The minimum absolute atomic E-state index is 0.0779. The second-order valence-corrected chi connectivity index (χ2v) is 7.57. The minimum Gasteiger partial charge on any atom is -0.491 e. The first-order valence-corrected chi connectivity index (χ1v) is 10.0. The monoisotopic (exact) mass is 391 g/mol. The quantitative estimate of drug-likeness (QED) is 0.614. The Hall–Kier alpha value is -3.15. The molecular formula is C23H25N3O3. The van der Waals surface area contributed by atoms with E-state index < -0.39 is 0 Å². The van der Waals surface area contributed by atoms with Crippen LogP contribution in [-0.4, -0.2) is 28.7 Å². The van der Waals surface area contributed by atoms with Gasteiger partial charge >= 0.3 is 0 Å². The third kappa shape index (κ3) is 4.16. The lowest BCUT2D eigenvalue weighted by molar-refractivity contribution is -0.117. The van der Waals surface area contributed by atoms with Gasteiger partial charge in [0.05, 0.1) is 12.0 Å². The van der Waals surface area contributed by atoms with Crippen molar-refractivity contribution in [2.24, 2.45) is 0 Å². The van der Waals surface area contributed by atoms with Gasteiger partial charge in [0.1, 0.15) is 5.75 Å². The van der Waals surface area contributed by atoms with Gasteiger partial charge in [-0.2, -0.15) is 4.98 Å². The molecule has 0 aliphatic carbocycles. The van der Waals surface area contributed by atoms with Crippen LogP contribution in [0.15, 0.2) is 53.1 Å². The highest BCUT2D eigenvalue weighted by Crippen LogP contribution is 2.32. The van der Waals surface area contributed by atoms with E-state index in [0.717, 1.165) is 23.4 Å². The summed E-state index contributed by atoms with van der Waals surface area (Å²) in [6.45, 7) is 6.64. The molecule has 0 bridgehead atoms. The maximum atomic E-state index is 12.5. The van der Waals surface area contributed by atoms with Crippen molar-refractivity contribution in [3.63, 3.8) is 0 Å². The topological polar surface area (TPSA) is 68.5 Å². The van der Waals surface area contributed by atoms with Gasteiger partial charge in [-0.25, -0.2) is 0 Å². The van der Waals surface area contributed by atoms with E-state index >= 15 is 0 Å². The van der Waals surface area contributed by atoms with Gasteiger partial charge in [-0.3, -0.25) is 4.79 Å². The summed E-state index contributed by atoms with van der Waals surface area (Å²) < 4.78 is 11.2. The number of aryl methyl sites for hydroxylation is 1. The van der Waals surface area contributed by atoms with Crippen molar-refractivity contribution in [1.82, 2.24) is 10.1 Å². The summed E-state index contributed by atoms with van der Waals surface area (Å²) in [4.78, 5) is 18.9. The molecule has 1 aromatic heterocycles. The highest BCUT2D eigenvalue weighted by Gasteiger charge is 2.35. The first kappa shape index (κ1) is 19.2. The molecule has 0 spiro atoms. The van der Waals surface area contributed by atoms with Gasteiger partial charge in [0.25, 0.3) is 0 Å². The molecule has 1 amide bonds. The number of carbonyl (C=O) groups is 1. The summed E-state index contributed by atoms with van der Waals surface area (Å²) in [5.41, 5.74) is 3.02. The normalized spacial score (nSPS) is 16.6. The van der Waals surface area contributed by atoms with Crippen molar-refractivity contribution in [2.45, 2.75) is 45.6 Å². The summed E-state index contributed by atoms with van der Waals surface area (Å²) in [7, 11) is 0. The lowest BCUT2D eigenvalue weighted by Crippen LogP contribution is -2.24. The van der Waals surface area contributed by atoms with E-state index in [1.807, 2.05) is 50.2 Å². The Morgan fingerprint density at radius 1 is 1.14 bits per heavy atom. The molecule has 4 rings (SSSR count). The molecule has 0 radical (unpaired) electrons. The average molecular weight is 391 g/mol. The number of benzene rings is 2. The van der Waals surface area contributed by atoms with Crippen LogP contribution >= 0.6 is 0 Å². The van der Waals surface area contributed by atoms with E-state index in [0.29, 0.717) is 24.7 Å². The average Bonchev–Trinajstić information content (AvgIpc) is 3.35. The Labute approximate surface area is 170 Å². The lowest BCUT2D eigenvalue weighted by Gasteiger charge is -2.16. The van der Waals surface area contributed by atoms with Crippen molar-refractivity contribution in [2.75, 3.05) is 11.4 Å². The summed E-state index contributed by atoms with van der Waals surface area (Å²) in [6, 6.07) is 15.7. The molecule has 1 aliphatic rings. The van der Waals surface area contributed by atoms with Crippen LogP contribution < -0.4 is 9.64 Å². The first-order chi connectivity index (χ1) is 14.0. The Balaban J connectivity index is 1.47. The maximum Gasteiger partial charge on any atom is 0.232 e. The molecule has 150 valence electrons. The van der Waals surface area contributed by atoms with Crippen LogP contribution in [0.2, 0.25) is 0 Å². The van der Waals surface area contributed by atoms with E-state index in [4.69, 9.17) is 9.26 Å². The summed E-state index contributed by atoms with van der Waals surface area (Å²) in [6.07, 6.45) is 1.48. The Morgan fingerprint density at radius 2 is 1.86 bits per heavy atom. The van der Waals surface area contributed by atoms with E-state index in [1.54, 1.807) is 4.90 Å². The molecule has 0 saturated carbocycles. The maximum absolute atomic E-state index is 12.5. The number of aromatic nitrogens is 2. The fourth-order valence-electron chi connectivity index (χ4n) is 3.51. The molecule has 1 saturated heterocycles. The number of hydrogen-bond acceptors (Lipinski definition) is 5. The smallest absolute Gasteiger partial charge is 0.232 e. The molecule has 3 aromatic rings. The molecule has 1 unspecified atom stereocenters. The van der Waals surface area contributed by atoms with Crippen molar-refractivity contribution < 1.29 is 14.1 Å². The van der Waals surface area contributed by atoms with E-state index in [1.165, 1.54) is 5.56 Å². The molecule has 1 atom stereocenters. The number of rotatable bonds is 6. The van der Waals surface area contributed by atoms with Crippen LogP contribution in [0.1, 0.15) is 44.6 Å². The van der Waals surface area contributed by atoms with E-state index in [9.17, 15) is 4.79 Å². The van der Waals surface area contributed by atoms with Crippen LogP contribution in [0.25, 0.3) is 11.4 Å². The van der Waals surface area contributed by atoms with E-state index in [-0.39, 0.29) is 17.9 Å². The number of carbonyl (C=O) groups excluding carboxylic acids is 1. The van der Waals surface area contributed by atoms with Gasteiger partial charge in [0.15, 0.2) is 0 Å². The van der Waals surface area contributed by atoms with Crippen LogP contribution in [0.3, 0.4) is 0 Å². The zero-order valence-electron chi connectivity index (χ0n) is 17.0. The SMILES string of the molecule is CCc1ccc(N2CC(c3nc(-c4ccc(OC(C)C)cc4)no3)CC2=O)cc1. The highest BCUT2D eigenvalue weighted by molar-refractivity contribution is 5.96. The first-order valence-electron chi connectivity index (χ1n) is 10.0. The van der Waals surface area contributed by atoms with Crippen molar-refractivity contribution in [3.05, 3.63) is 60.0 Å². The van der Waals surface area contributed by atoms with Crippen LogP contribution in [0.5, 0.6) is 5.75 Å². The van der Waals surface area contributed by atoms with Crippen LogP contribution in [0.4, 0.5) is 5.69 Å². The molecule has 1 aliphatic heterocycles. The van der Waals surface area contributed by atoms with Gasteiger partial charge in [-0.15, -0.1) is 0 Å². The van der Waals surface area contributed by atoms with Crippen molar-refractivity contribution >= 4 is 11.6 Å². The largest absolute Gasteiger partial charge is 0.491 e. The number of nitrogens with zero attached hydrogens (tertiary/aromatic N) is 3. The highest BCUT2D eigenvalue weighted by atomic mass is 16.5. The lowest BCUT2D eigenvalue weighted by atomic mass is 10.1. The molecule has 0 N–H and O–H groups in total. The third-order valence-corrected chi connectivity index (χ3v) is 5.06. The zero-order chi connectivity index (χ0) is 20.4. The van der Waals surface area contributed by atoms with Gasteiger partial charge in [-0.05, 0) is 62.2 Å². The fraction of sp³-hybridized carbons (Fsp3) is 0.348. The molecule has 29 heavy (non-hydrogen) atoms. The second kappa shape index (κ2) is 8.07. The minimum atomic E-state index is -0.0989. The second-order valence-electron chi connectivity index (χ2n) is 7.57. The van der Waals surface area contributed by atoms with Gasteiger partial charge in [0.2, 0.25) is 17.6 Å². The zero-order valence-corrected chi connectivity index (χ0v) is 17.0. The molecule has 2 heterocycles. The van der Waals surface area contributed by atoms with Gasteiger partial charge in [-0.1, -0.05) is 24.2 Å². The molecule has 2 aromatic carbocycles. The van der Waals surface area contributed by atoms with Crippen molar-refractivity contribution in [3.8, 4) is 17.1 Å². The molecule has 6 nitrogen and oxygen atoms in total. The number of amides is 1. The molecular weight excluding hydrogens is 366 g/mol. The predicted octanol–water partition coefficient (Wildman–Crippen LogP) is 4.61.